The summed E-state index contributed by atoms with van der Waals surface area (Å²) in [7, 11) is 0. The van der Waals surface area contributed by atoms with Gasteiger partial charge in [-0.1, -0.05) is 0 Å². The maximum Gasteiger partial charge on any atom is 0.342 e. The Morgan fingerprint density at radius 3 is 3.13 bits per heavy atom. The van der Waals surface area contributed by atoms with Gasteiger partial charge in [-0.3, -0.25) is 4.99 Å². The number of esters is 1. The molecule has 4 heteroatoms. The Balaban J connectivity index is 2.41. The highest BCUT2D eigenvalue weighted by atomic mass is 16.5. The van der Waals surface area contributed by atoms with Crippen molar-refractivity contribution in [3.63, 3.8) is 0 Å². The quantitative estimate of drug-likeness (QED) is 0.695. The SMILES string of the molecule is CCOC(=O)C1=C2N=CC=C2CCC1=N. The minimum absolute atomic E-state index is 0.325. The third-order valence-electron chi connectivity index (χ3n) is 2.45. The fourth-order valence-electron chi connectivity index (χ4n) is 1.74. The van der Waals surface area contributed by atoms with Gasteiger partial charge in [0.1, 0.15) is 5.57 Å². The molecule has 0 amide bonds. The van der Waals surface area contributed by atoms with Gasteiger partial charge in [0.2, 0.25) is 0 Å². The van der Waals surface area contributed by atoms with E-state index in [9.17, 15) is 4.79 Å². The van der Waals surface area contributed by atoms with E-state index in [0.717, 1.165) is 12.0 Å². The van der Waals surface area contributed by atoms with Gasteiger partial charge in [0.15, 0.2) is 0 Å². The van der Waals surface area contributed by atoms with Gasteiger partial charge in [0.25, 0.3) is 0 Å². The largest absolute Gasteiger partial charge is 0.462 e. The summed E-state index contributed by atoms with van der Waals surface area (Å²) in [5.74, 6) is -0.429. The van der Waals surface area contributed by atoms with Gasteiger partial charge in [-0.2, -0.15) is 0 Å². The smallest absolute Gasteiger partial charge is 0.342 e. The Morgan fingerprint density at radius 2 is 2.40 bits per heavy atom. The summed E-state index contributed by atoms with van der Waals surface area (Å²) in [5, 5.41) is 7.75. The van der Waals surface area contributed by atoms with Crippen LogP contribution >= 0.6 is 0 Å². The predicted octanol–water partition coefficient (Wildman–Crippen LogP) is 1.63. The predicted molar refractivity (Wildman–Crippen MR) is 57.2 cm³/mol. The van der Waals surface area contributed by atoms with Crippen molar-refractivity contribution in [3.05, 3.63) is 22.9 Å². The van der Waals surface area contributed by atoms with Crippen LogP contribution in [0.1, 0.15) is 19.8 Å². The molecule has 0 fully saturated rings. The van der Waals surface area contributed by atoms with Crippen LogP contribution in [0, 0.1) is 5.41 Å². The van der Waals surface area contributed by atoms with Crippen molar-refractivity contribution in [1.29, 1.82) is 5.41 Å². The van der Waals surface area contributed by atoms with Gasteiger partial charge < -0.3 is 10.1 Å². The zero-order valence-electron chi connectivity index (χ0n) is 8.54. The lowest BCUT2D eigenvalue weighted by Gasteiger charge is -2.17. The molecule has 1 aliphatic heterocycles. The maximum absolute atomic E-state index is 11.6. The van der Waals surface area contributed by atoms with E-state index in [0.29, 0.717) is 30.0 Å². The second-order valence-electron chi connectivity index (χ2n) is 3.39. The van der Waals surface area contributed by atoms with E-state index in [-0.39, 0.29) is 0 Å². The fraction of sp³-hybridized carbons (Fsp3) is 0.364. The first-order valence-corrected chi connectivity index (χ1v) is 4.96. The Labute approximate surface area is 87.9 Å². The molecule has 2 rings (SSSR count). The molecule has 0 aromatic carbocycles. The van der Waals surface area contributed by atoms with Crippen LogP contribution < -0.4 is 0 Å². The number of hydrogen-bond donors (Lipinski definition) is 1. The molecule has 78 valence electrons. The fourth-order valence-corrected chi connectivity index (χ4v) is 1.74. The van der Waals surface area contributed by atoms with Gasteiger partial charge in [0, 0.05) is 11.9 Å². The molecule has 0 unspecified atom stereocenters. The number of allylic oxidation sites excluding steroid dienone is 2. The number of aliphatic imine (C=N–C) groups is 1. The maximum atomic E-state index is 11.6. The van der Waals surface area contributed by atoms with Crippen molar-refractivity contribution in [2.45, 2.75) is 19.8 Å². The molecule has 0 aromatic heterocycles. The molecule has 15 heavy (non-hydrogen) atoms. The summed E-state index contributed by atoms with van der Waals surface area (Å²) in [5.41, 5.74) is 2.33. The Kier molecular flexibility index (Phi) is 2.49. The molecule has 0 saturated heterocycles. The van der Waals surface area contributed by atoms with Crippen molar-refractivity contribution >= 4 is 17.9 Å². The highest BCUT2D eigenvalue weighted by Crippen LogP contribution is 2.31. The highest BCUT2D eigenvalue weighted by Gasteiger charge is 2.28. The Hall–Kier alpha value is -1.71. The van der Waals surface area contributed by atoms with Crippen LogP contribution in [0.15, 0.2) is 27.9 Å². The van der Waals surface area contributed by atoms with Crippen LogP contribution in [-0.4, -0.2) is 24.5 Å². The van der Waals surface area contributed by atoms with Crippen molar-refractivity contribution in [1.82, 2.24) is 0 Å². The number of nitrogens with zero attached hydrogens (tertiary/aromatic N) is 1. The zero-order chi connectivity index (χ0) is 10.8. The van der Waals surface area contributed by atoms with E-state index in [1.54, 1.807) is 13.1 Å². The molecule has 0 radical (unpaired) electrons. The number of carbonyl (C=O) groups is 1. The first-order valence-electron chi connectivity index (χ1n) is 4.96. The number of hydrogen-bond acceptors (Lipinski definition) is 4. The van der Waals surface area contributed by atoms with Crippen molar-refractivity contribution in [3.8, 4) is 0 Å². The summed E-state index contributed by atoms with van der Waals surface area (Å²) in [6.07, 6.45) is 4.94. The minimum atomic E-state index is -0.429. The molecule has 2 aliphatic rings. The number of rotatable bonds is 2. The number of nitrogens with one attached hydrogen (secondary N) is 1. The summed E-state index contributed by atoms with van der Waals surface area (Å²) in [6.45, 7) is 2.08. The van der Waals surface area contributed by atoms with Crippen molar-refractivity contribution in [2.75, 3.05) is 6.61 Å². The van der Waals surface area contributed by atoms with E-state index in [1.807, 2.05) is 6.08 Å². The van der Waals surface area contributed by atoms with Gasteiger partial charge >= 0.3 is 5.97 Å². The molecule has 0 aromatic rings. The average Bonchev–Trinajstić information content (AvgIpc) is 2.65. The number of ether oxygens (including phenoxy) is 1. The lowest BCUT2D eigenvalue weighted by atomic mass is 9.91. The van der Waals surface area contributed by atoms with Crippen LogP contribution in [0.2, 0.25) is 0 Å². The summed E-state index contributed by atoms with van der Waals surface area (Å²) >= 11 is 0. The highest BCUT2D eigenvalue weighted by molar-refractivity contribution is 6.21. The summed E-state index contributed by atoms with van der Waals surface area (Å²) < 4.78 is 4.92. The lowest BCUT2D eigenvalue weighted by Crippen LogP contribution is -2.20. The molecular formula is C11H12N2O2. The third-order valence-corrected chi connectivity index (χ3v) is 2.45. The normalized spacial score (nSPS) is 19.0. The molecule has 0 spiro atoms. The molecule has 0 saturated carbocycles. The van der Waals surface area contributed by atoms with Crippen LogP contribution in [-0.2, 0) is 9.53 Å². The van der Waals surface area contributed by atoms with Gasteiger partial charge in [0.05, 0.1) is 12.3 Å². The van der Waals surface area contributed by atoms with Gasteiger partial charge in [-0.25, -0.2) is 4.79 Å². The van der Waals surface area contributed by atoms with Crippen LogP contribution in [0.3, 0.4) is 0 Å². The van der Waals surface area contributed by atoms with Crippen LogP contribution in [0.5, 0.6) is 0 Å². The zero-order valence-corrected chi connectivity index (χ0v) is 8.54. The summed E-state index contributed by atoms with van der Waals surface area (Å²) in [4.78, 5) is 15.7. The topological polar surface area (TPSA) is 62.5 Å². The summed E-state index contributed by atoms with van der Waals surface area (Å²) in [6, 6.07) is 0. The van der Waals surface area contributed by atoms with Gasteiger partial charge in [-0.15, -0.1) is 0 Å². The first kappa shape index (κ1) is 9.83. The number of fused-ring (bicyclic) bond motifs is 1. The van der Waals surface area contributed by atoms with Crippen LogP contribution in [0.25, 0.3) is 0 Å². The molecule has 1 aliphatic carbocycles. The monoisotopic (exact) mass is 204 g/mol. The van der Waals surface area contributed by atoms with Crippen molar-refractivity contribution < 1.29 is 9.53 Å². The van der Waals surface area contributed by atoms with Crippen molar-refractivity contribution in [2.24, 2.45) is 4.99 Å². The third kappa shape index (κ3) is 1.63. The Morgan fingerprint density at radius 1 is 1.60 bits per heavy atom. The standard InChI is InChI=1S/C11H12N2O2/c1-2-15-11(14)9-8(12)4-3-7-5-6-13-10(7)9/h5-6,12H,2-4H2,1H3. The minimum Gasteiger partial charge on any atom is -0.462 e. The average molecular weight is 204 g/mol. The van der Waals surface area contributed by atoms with E-state index < -0.39 is 5.97 Å². The molecule has 1 N–H and O–H groups in total. The van der Waals surface area contributed by atoms with Gasteiger partial charge in [-0.05, 0) is 31.4 Å². The van der Waals surface area contributed by atoms with Crippen LogP contribution in [0.4, 0.5) is 0 Å². The molecular weight excluding hydrogens is 192 g/mol. The Bertz CT molecular complexity index is 416. The number of carbonyl (C=O) groups excluding carboxylic acids is 1. The van der Waals surface area contributed by atoms with E-state index in [2.05, 4.69) is 4.99 Å². The van der Waals surface area contributed by atoms with E-state index in [4.69, 9.17) is 10.1 Å². The molecule has 1 heterocycles. The lowest BCUT2D eigenvalue weighted by molar-refractivity contribution is -0.137. The molecule has 4 nitrogen and oxygen atoms in total. The van der Waals surface area contributed by atoms with E-state index in [1.165, 1.54) is 0 Å². The second-order valence-corrected chi connectivity index (χ2v) is 3.39. The second kappa shape index (κ2) is 3.81. The van der Waals surface area contributed by atoms with E-state index >= 15 is 0 Å². The first-order chi connectivity index (χ1) is 7.24. The molecule has 0 atom stereocenters. The molecule has 0 bridgehead atoms.